The fourth-order valence-corrected chi connectivity index (χ4v) is 2.03. The molecule has 0 aromatic rings. The summed E-state index contributed by atoms with van der Waals surface area (Å²) in [5.74, 6) is 0.693. The molecule has 0 radical (unpaired) electrons. The maximum atomic E-state index is 8.98. The Bertz CT molecular complexity index is 185. The second-order valence-electron chi connectivity index (χ2n) is 3.68. The molecule has 2 nitrogen and oxygen atoms in total. The molecule has 2 unspecified atom stereocenters. The standard InChI is InChI=1S/C10H17NO/c1-3-9-5-4-6-10(7-9,8-11)12-2/h9H,3-7H2,1-2H3. The summed E-state index contributed by atoms with van der Waals surface area (Å²) in [6.07, 6.45) is 5.42. The second kappa shape index (κ2) is 3.91. The van der Waals surface area contributed by atoms with Crippen molar-refractivity contribution < 1.29 is 4.74 Å². The molecule has 0 aromatic carbocycles. The molecule has 0 N–H and O–H groups in total. The van der Waals surface area contributed by atoms with Crippen LogP contribution in [0, 0.1) is 17.2 Å². The molecule has 0 heterocycles. The van der Waals surface area contributed by atoms with Gasteiger partial charge in [-0.25, -0.2) is 0 Å². The predicted octanol–water partition coefficient (Wildman–Crippen LogP) is 2.50. The summed E-state index contributed by atoms with van der Waals surface area (Å²) in [5, 5.41) is 8.98. The van der Waals surface area contributed by atoms with E-state index in [0.717, 1.165) is 19.3 Å². The van der Waals surface area contributed by atoms with Crippen LogP contribution in [0.5, 0.6) is 0 Å². The zero-order chi connectivity index (χ0) is 9.03. The first-order valence-electron chi connectivity index (χ1n) is 4.72. The minimum atomic E-state index is -0.459. The molecule has 0 amide bonds. The van der Waals surface area contributed by atoms with E-state index in [0.29, 0.717) is 5.92 Å². The van der Waals surface area contributed by atoms with Gasteiger partial charge in [0.1, 0.15) is 0 Å². The van der Waals surface area contributed by atoms with E-state index >= 15 is 0 Å². The maximum absolute atomic E-state index is 8.98. The molecular weight excluding hydrogens is 150 g/mol. The highest BCUT2D eigenvalue weighted by Gasteiger charge is 2.35. The number of hydrogen-bond acceptors (Lipinski definition) is 2. The van der Waals surface area contributed by atoms with Crippen LogP contribution in [0.15, 0.2) is 0 Å². The number of methoxy groups -OCH3 is 1. The van der Waals surface area contributed by atoms with Crippen LogP contribution in [0.4, 0.5) is 0 Å². The molecule has 1 aliphatic carbocycles. The molecule has 0 aliphatic heterocycles. The number of ether oxygens (including phenoxy) is 1. The van der Waals surface area contributed by atoms with Gasteiger partial charge in [0.05, 0.1) is 6.07 Å². The Morgan fingerprint density at radius 2 is 2.42 bits per heavy atom. The highest BCUT2D eigenvalue weighted by molar-refractivity contribution is 5.04. The maximum Gasteiger partial charge on any atom is 0.154 e. The van der Waals surface area contributed by atoms with E-state index in [4.69, 9.17) is 10.00 Å². The van der Waals surface area contributed by atoms with Crippen LogP contribution in [0.1, 0.15) is 39.0 Å². The van der Waals surface area contributed by atoms with E-state index in [2.05, 4.69) is 13.0 Å². The van der Waals surface area contributed by atoms with Crippen LogP contribution >= 0.6 is 0 Å². The molecular formula is C10H17NO. The predicted molar refractivity (Wildman–Crippen MR) is 47.6 cm³/mol. The van der Waals surface area contributed by atoms with E-state index < -0.39 is 5.60 Å². The Hall–Kier alpha value is -0.550. The monoisotopic (exact) mass is 167 g/mol. The van der Waals surface area contributed by atoms with E-state index in [1.54, 1.807) is 7.11 Å². The molecule has 0 aromatic heterocycles. The number of hydrogen-bond donors (Lipinski definition) is 0. The van der Waals surface area contributed by atoms with E-state index in [9.17, 15) is 0 Å². The highest BCUT2D eigenvalue weighted by Crippen LogP contribution is 2.35. The Morgan fingerprint density at radius 3 is 2.92 bits per heavy atom. The summed E-state index contributed by atoms with van der Waals surface area (Å²) >= 11 is 0. The summed E-state index contributed by atoms with van der Waals surface area (Å²) < 4.78 is 5.30. The first-order chi connectivity index (χ1) is 5.76. The van der Waals surface area contributed by atoms with Crippen molar-refractivity contribution in [3.05, 3.63) is 0 Å². The molecule has 1 saturated carbocycles. The first kappa shape index (κ1) is 9.54. The summed E-state index contributed by atoms with van der Waals surface area (Å²) in [4.78, 5) is 0. The van der Waals surface area contributed by atoms with Gasteiger partial charge in [-0.1, -0.05) is 19.8 Å². The molecule has 1 fully saturated rings. The van der Waals surface area contributed by atoms with Gasteiger partial charge in [0.15, 0.2) is 5.60 Å². The van der Waals surface area contributed by atoms with E-state index in [1.807, 2.05) is 0 Å². The lowest BCUT2D eigenvalue weighted by Crippen LogP contribution is -2.35. The van der Waals surface area contributed by atoms with Gasteiger partial charge in [0, 0.05) is 7.11 Å². The van der Waals surface area contributed by atoms with Crippen molar-refractivity contribution >= 4 is 0 Å². The molecule has 12 heavy (non-hydrogen) atoms. The Labute approximate surface area is 74.5 Å². The van der Waals surface area contributed by atoms with Crippen molar-refractivity contribution in [1.82, 2.24) is 0 Å². The van der Waals surface area contributed by atoms with Gasteiger partial charge in [0.25, 0.3) is 0 Å². The zero-order valence-corrected chi connectivity index (χ0v) is 7.97. The van der Waals surface area contributed by atoms with Gasteiger partial charge in [-0.2, -0.15) is 5.26 Å². The fourth-order valence-electron chi connectivity index (χ4n) is 2.03. The van der Waals surface area contributed by atoms with Crippen molar-refractivity contribution in [1.29, 1.82) is 5.26 Å². The third-order valence-electron chi connectivity index (χ3n) is 2.98. The fraction of sp³-hybridized carbons (Fsp3) is 0.900. The molecule has 2 atom stereocenters. The topological polar surface area (TPSA) is 33.0 Å². The van der Waals surface area contributed by atoms with Gasteiger partial charge in [-0.15, -0.1) is 0 Å². The van der Waals surface area contributed by atoms with Gasteiger partial charge in [0.2, 0.25) is 0 Å². The van der Waals surface area contributed by atoms with Gasteiger partial charge in [-0.05, 0) is 25.2 Å². The quantitative estimate of drug-likeness (QED) is 0.633. The third kappa shape index (κ3) is 1.78. The molecule has 0 saturated heterocycles. The summed E-state index contributed by atoms with van der Waals surface area (Å²) in [6, 6.07) is 2.31. The summed E-state index contributed by atoms with van der Waals surface area (Å²) in [7, 11) is 1.65. The van der Waals surface area contributed by atoms with Crippen LogP contribution in [-0.2, 0) is 4.74 Å². The van der Waals surface area contributed by atoms with Crippen LogP contribution in [0.2, 0.25) is 0 Å². The minimum absolute atomic E-state index is 0.459. The van der Waals surface area contributed by atoms with E-state index in [-0.39, 0.29) is 0 Å². The van der Waals surface area contributed by atoms with Crippen LogP contribution < -0.4 is 0 Å². The molecule has 1 rings (SSSR count). The molecule has 68 valence electrons. The van der Waals surface area contributed by atoms with Crippen molar-refractivity contribution in [2.45, 2.75) is 44.6 Å². The van der Waals surface area contributed by atoms with Gasteiger partial charge in [-0.3, -0.25) is 0 Å². The van der Waals surface area contributed by atoms with E-state index in [1.165, 1.54) is 12.8 Å². The first-order valence-corrected chi connectivity index (χ1v) is 4.72. The average Bonchev–Trinajstić information content (AvgIpc) is 2.18. The second-order valence-corrected chi connectivity index (χ2v) is 3.68. The van der Waals surface area contributed by atoms with Crippen LogP contribution in [0.25, 0.3) is 0 Å². The Morgan fingerprint density at radius 1 is 1.67 bits per heavy atom. The number of rotatable bonds is 2. The average molecular weight is 167 g/mol. The highest BCUT2D eigenvalue weighted by atomic mass is 16.5. The lowest BCUT2D eigenvalue weighted by Gasteiger charge is -2.34. The molecule has 1 aliphatic rings. The van der Waals surface area contributed by atoms with Crippen molar-refractivity contribution in [2.24, 2.45) is 5.92 Å². The number of nitriles is 1. The molecule has 0 spiro atoms. The molecule has 0 bridgehead atoms. The smallest absolute Gasteiger partial charge is 0.154 e. The van der Waals surface area contributed by atoms with Crippen molar-refractivity contribution in [3.63, 3.8) is 0 Å². The van der Waals surface area contributed by atoms with Gasteiger partial charge >= 0.3 is 0 Å². The largest absolute Gasteiger partial charge is 0.363 e. The van der Waals surface area contributed by atoms with Crippen LogP contribution in [-0.4, -0.2) is 12.7 Å². The normalized spacial score (nSPS) is 35.9. The Kier molecular flexibility index (Phi) is 3.11. The minimum Gasteiger partial charge on any atom is -0.363 e. The zero-order valence-electron chi connectivity index (χ0n) is 7.97. The SMILES string of the molecule is CCC1CCCC(C#N)(OC)C1. The summed E-state index contributed by atoms with van der Waals surface area (Å²) in [5.41, 5.74) is -0.459. The van der Waals surface area contributed by atoms with Crippen LogP contribution in [0.3, 0.4) is 0 Å². The molecule has 2 heteroatoms. The summed E-state index contributed by atoms with van der Waals surface area (Å²) in [6.45, 7) is 2.19. The number of nitrogens with zero attached hydrogens (tertiary/aromatic N) is 1. The lowest BCUT2D eigenvalue weighted by atomic mass is 9.78. The van der Waals surface area contributed by atoms with Crippen molar-refractivity contribution in [3.8, 4) is 6.07 Å². The van der Waals surface area contributed by atoms with Gasteiger partial charge < -0.3 is 4.74 Å². The Balaban J connectivity index is 2.60. The van der Waals surface area contributed by atoms with Crippen molar-refractivity contribution in [2.75, 3.05) is 7.11 Å². The lowest BCUT2D eigenvalue weighted by molar-refractivity contribution is -0.00957. The third-order valence-corrected chi connectivity index (χ3v) is 2.98.